The summed E-state index contributed by atoms with van der Waals surface area (Å²) in [6.07, 6.45) is 1.65. The molecule has 0 bridgehead atoms. The summed E-state index contributed by atoms with van der Waals surface area (Å²) < 4.78 is 4.98. The van der Waals surface area contributed by atoms with Crippen LogP contribution in [0.5, 0.6) is 0 Å². The SMILES string of the molecule is CCOC(=O)c1c(N/N=C/c2ccccc2)n[nH]c1C. The van der Waals surface area contributed by atoms with Crippen LogP contribution in [-0.4, -0.2) is 29.0 Å². The Balaban J connectivity index is 2.10. The summed E-state index contributed by atoms with van der Waals surface area (Å²) in [4.78, 5) is 11.8. The molecular formula is C14H16N4O2. The number of carbonyl (C=O) groups is 1. The smallest absolute Gasteiger partial charge is 0.343 e. The van der Waals surface area contributed by atoms with Crippen molar-refractivity contribution in [3.63, 3.8) is 0 Å². The van der Waals surface area contributed by atoms with Gasteiger partial charge in [0, 0.05) is 5.69 Å². The highest BCUT2D eigenvalue weighted by Crippen LogP contribution is 2.17. The van der Waals surface area contributed by atoms with Crippen LogP contribution < -0.4 is 5.43 Å². The molecule has 0 aliphatic rings. The predicted molar refractivity (Wildman–Crippen MR) is 76.9 cm³/mol. The molecule has 0 aliphatic carbocycles. The molecule has 2 rings (SSSR count). The van der Waals surface area contributed by atoms with Crippen LogP contribution in [0.3, 0.4) is 0 Å². The zero-order valence-electron chi connectivity index (χ0n) is 11.4. The summed E-state index contributed by atoms with van der Waals surface area (Å²) in [5.41, 5.74) is 4.71. The highest BCUT2D eigenvalue weighted by Gasteiger charge is 2.18. The number of carbonyl (C=O) groups excluding carboxylic acids is 1. The Hall–Kier alpha value is -2.63. The molecule has 0 unspecified atom stereocenters. The molecule has 2 aromatic rings. The number of nitrogens with zero attached hydrogens (tertiary/aromatic N) is 2. The van der Waals surface area contributed by atoms with Crippen LogP contribution in [0.25, 0.3) is 0 Å². The molecule has 20 heavy (non-hydrogen) atoms. The lowest BCUT2D eigenvalue weighted by Crippen LogP contribution is -2.08. The minimum Gasteiger partial charge on any atom is -0.462 e. The van der Waals surface area contributed by atoms with Crippen molar-refractivity contribution in [2.45, 2.75) is 13.8 Å². The van der Waals surface area contributed by atoms with Crippen molar-refractivity contribution in [1.29, 1.82) is 0 Å². The van der Waals surface area contributed by atoms with E-state index in [0.29, 0.717) is 23.7 Å². The Morgan fingerprint density at radius 2 is 2.20 bits per heavy atom. The fourth-order valence-corrected chi connectivity index (χ4v) is 1.67. The van der Waals surface area contributed by atoms with Gasteiger partial charge in [0.1, 0.15) is 5.56 Å². The molecule has 0 saturated heterocycles. The van der Waals surface area contributed by atoms with E-state index < -0.39 is 5.97 Å². The van der Waals surface area contributed by atoms with Crippen LogP contribution >= 0.6 is 0 Å². The summed E-state index contributed by atoms with van der Waals surface area (Å²) >= 11 is 0. The van der Waals surface area contributed by atoms with Crippen molar-refractivity contribution in [3.05, 3.63) is 47.2 Å². The zero-order valence-corrected chi connectivity index (χ0v) is 11.4. The van der Waals surface area contributed by atoms with Crippen molar-refractivity contribution in [2.75, 3.05) is 12.0 Å². The van der Waals surface area contributed by atoms with Gasteiger partial charge in [-0.2, -0.15) is 10.2 Å². The normalized spacial score (nSPS) is 10.7. The maximum Gasteiger partial charge on any atom is 0.343 e. The molecular weight excluding hydrogens is 256 g/mol. The second-order valence-corrected chi connectivity index (χ2v) is 4.07. The molecule has 6 nitrogen and oxygen atoms in total. The highest BCUT2D eigenvalue weighted by molar-refractivity contribution is 5.96. The number of rotatable bonds is 5. The first kappa shape index (κ1) is 13.8. The van der Waals surface area contributed by atoms with E-state index in [9.17, 15) is 4.79 Å². The number of hydrogen-bond donors (Lipinski definition) is 2. The van der Waals surface area contributed by atoms with Gasteiger partial charge in [-0.1, -0.05) is 30.3 Å². The van der Waals surface area contributed by atoms with E-state index in [-0.39, 0.29) is 0 Å². The molecule has 6 heteroatoms. The van der Waals surface area contributed by atoms with Gasteiger partial charge in [-0.05, 0) is 19.4 Å². The van der Waals surface area contributed by atoms with E-state index in [1.54, 1.807) is 20.1 Å². The molecule has 0 spiro atoms. The van der Waals surface area contributed by atoms with Gasteiger partial charge in [-0.15, -0.1) is 0 Å². The largest absolute Gasteiger partial charge is 0.462 e. The maximum atomic E-state index is 11.8. The molecule has 1 heterocycles. The first-order chi connectivity index (χ1) is 9.72. The second kappa shape index (κ2) is 6.51. The Morgan fingerprint density at radius 1 is 1.45 bits per heavy atom. The first-order valence-corrected chi connectivity index (χ1v) is 6.28. The van der Waals surface area contributed by atoms with Crippen molar-refractivity contribution in [3.8, 4) is 0 Å². The van der Waals surface area contributed by atoms with Gasteiger partial charge in [0.15, 0.2) is 5.82 Å². The molecule has 0 fully saturated rings. The number of H-pyrrole nitrogens is 1. The van der Waals surface area contributed by atoms with Gasteiger partial charge in [0.2, 0.25) is 0 Å². The third-order valence-electron chi connectivity index (χ3n) is 2.61. The van der Waals surface area contributed by atoms with Crippen LogP contribution in [0.1, 0.15) is 28.5 Å². The number of aryl methyl sites for hydroxylation is 1. The van der Waals surface area contributed by atoms with Crippen LogP contribution in [0.2, 0.25) is 0 Å². The number of nitrogens with one attached hydrogen (secondary N) is 2. The standard InChI is InChI=1S/C14H16N4O2/c1-3-20-14(19)12-10(2)16-18-13(12)17-15-9-11-7-5-4-6-8-11/h4-9H,3H2,1-2H3,(H2,16,17,18)/b15-9+. The number of hydrogen-bond acceptors (Lipinski definition) is 5. The summed E-state index contributed by atoms with van der Waals surface area (Å²) in [6, 6.07) is 9.62. The summed E-state index contributed by atoms with van der Waals surface area (Å²) in [7, 11) is 0. The van der Waals surface area contributed by atoms with E-state index in [1.165, 1.54) is 0 Å². The topological polar surface area (TPSA) is 79.4 Å². The van der Waals surface area contributed by atoms with E-state index in [0.717, 1.165) is 5.56 Å². The summed E-state index contributed by atoms with van der Waals surface area (Å²) in [5, 5.41) is 10.8. The van der Waals surface area contributed by atoms with Gasteiger partial charge in [-0.3, -0.25) is 10.5 Å². The first-order valence-electron chi connectivity index (χ1n) is 6.28. The van der Waals surface area contributed by atoms with Crippen molar-refractivity contribution in [1.82, 2.24) is 10.2 Å². The van der Waals surface area contributed by atoms with Crippen LogP contribution in [0, 0.1) is 6.92 Å². The van der Waals surface area contributed by atoms with E-state index in [4.69, 9.17) is 4.74 Å². The quantitative estimate of drug-likeness (QED) is 0.497. The number of hydrazone groups is 1. The molecule has 0 atom stereocenters. The Kier molecular flexibility index (Phi) is 4.49. The Labute approximate surface area is 116 Å². The third-order valence-corrected chi connectivity index (χ3v) is 2.61. The van der Waals surface area contributed by atoms with Crippen LogP contribution in [-0.2, 0) is 4.74 Å². The molecule has 0 radical (unpaired) electrons. The zero-order chi connectivity index (χ0) is 14.4. The molecule has 0 aliphatic heterocycles. The molecule has 2 N–H and O–H groups in total. The monoisotopic (exact) mass is 272 g/mol. The fourth-order valence-electron chi connectivity index (χ4n) is 1.67. The van der Waals surface area contributed by atoms with Crippen LogP contribution in [0.15, 0.2) is 35.4 Å². The van der Waals surface area contributed by atoms with Gasteiger partial charge >= 0.3 is 5.97 Å². The minimum atomic E-state index is -0.420. The van der Waals surface area contributed by atoms with Gasteiger partial charge in [-0.25, -0.2) is 4.79 Å². The van der Waals surface area contributed by atoms with E-state index in [2.05, 4.69) is 20.7 Å². The predicted octanol–water partition coefficient (Wildman–Crippen LogP) is 2.34. The Morgan fingerprint density at radius 3 is 2.90 bits per heavy atom. The number of ether oxygens (including phenoxy) is 1. The molecule has 0 saturated carbocycles. The van der Waals surface area contributed by atoms with Gasteiger partial charge in [0.25, 0.3) is 0 Å². The lowest BCUT2D eigenvalue weighted by molar-refractivity contribution is 0.0526. The fraction of sp³-hybridized carbons (Fsp3) is 0.214. The number of anilines is 1. The minimum absolute atomic E-state index is 0.316. The molecule has 1 aromatic heterocycles. The average Bonchev–Trinajstić information content (AvgIpc) is 2.81. The number of benzene rings is 1. The lowest BCUT2D eigenvalue weighted by Gasteiger charge is -2.02. The molecule has 1 aromatic carbocycles. The highest BCUT2D eigenvalue weighted by atomic mass is 16.5. The second-order valence-electron chi connectivity index (χ2n) is 4.07. The number of esters is 1. The lowest BCUT2D eigenvalue weighted by atomic mass is 10.2. The third kappa shape index (κ3) is 3.23. The van der Waals surface area contributed by atoms with Crippen molar-refractivity contribution in [2.24, 2.45) is 5.10 Å². The number of aromatic amines is 1. The van der Waals surface area contributed by atoms with E-state index in [1.807, 2.05) is 30.3 Å². The van der Waals surface area contributed by atoms with Crippen molar-refractivity contribution < 1.29 is 9.53 Å². The average molecular weight is 272 g/mol. The molecule has 104 valence electrons. The van der Waals surface area contributed by atoms with Gasteiger partial charge < -0.3 is 4.74 Å². The maximum absolute atomic E-state index is 11.8. The summed E-state index contributed by atoms with van der Waals surface area (Å²) in [6.45, 7) is 3.83. The number of aromatic nitrogens is 2. The van der Waals surface area contributed by atoms with Gasteiger partial charge in [0.05, 0.1) is 12.8 Å². The summed E-state index contributed by atoms with van der Waals surface area (Å²) in [5.74, 6) is -0.0655. The van der Waals surface area contributed by atoms with Crippen molar-refractivity contribution >= 4 is 18.0 Å². The Bertz CT molecular complexity index is 605. The van der Waals surface area contributed by atoms with Crippen LogP contribution in [0.4, 0.5) is 5.82 Å². The molecule has 0 amide bonds. The van der Waals surface area contributed by atoms with E-state index >= 15 is 0 Å².